The van der Waals surface area contributed by atoms with E-state index in [9.17, 15) is 0 Å². The van der Waals surface area contributed by atoms with E-state index >= 15 is 0 Å². The Morgan fingerprint density at radius 3 is 2.45 bits per heavy atom. The maximum absolute atomic E-state index is 5.87. The molecule has 5 nitrogen and oxygen atoms in total. The second kappa shape index (κ2) is 5.07. The van der Waals surface area contributed by atoms with Crippen molar-refractivity contribution in [3.8, 4) is 17.4 Å². The van der Waals surface area contributed by atoms with Crippen LogP contribution in [-0.4, -0.2) is 16.9 Å². The Balaban J connectivity index is 2.43. The fourth-order valence-electron chi connectivity index (χ4n) is 1.98. The second-order valence-corrected chi connectivity index (χ2v) is 5.78. The lowest BCUT2D eigenvalue weighted by Crippen LogP contribution is -2.13. The van der Waals surface area contributed by atoms with Crippen molar-refractivity contribution in [3.05, 3.63) is 30.0 Å². The molecule has 0 bridgehead atoms. The van der Waals surface area contributed by atoms with Crippen molar-refractivity contribution in [2.24, 2.45) is 7.05 Å². The number of methoxy groups -OCH3 is 1. The molecule has 0 aliphatic carbocycles. The molecular weight excluding hydrogens is 254 g/mol. The first kappa shape index (κ1) is 14.2. The highest BCUT2D eigenvalue weighted by Gasteiger charge is 2.21. The van der Waals surface area contributed by atoms with Crippen LogP contribution in [0, 0.1) is 0 Å². The number of rotatable bonds is 3. The van der Waals surface area contributed by atoms with Gasteiger partial charge in [0.2, 0.25) is 0 Å². The fraction of sp³-hybridized carbons (Fsp3) is 0.400. The summed E-state index contributed by atoms with van der Waals surface area (Å²) in [6, 6.07) is 5.73. The van der Waals surface area contributed by atoms with E-state index in [1.54, 1.807) is 18.0 Å². The summed E-state index contributed by atoms with van der Waals surface area (Å²) in [5.41, 5.74) is 7.36. The lowest BCUT2D eigenvalue weighted by Gasteiger charge is -2.23. The maximum atomic E-state index is 5.87. The largest absolute Gasteiger partial charge is 0.497 e. The second-order valence-electron chi connectivity index (χ2n) is 5.78. The summed E-state index contributed by atoms with van der Waals surface area (Å²) in [5.74, 6) is 1.96. The average Bonchev–Trinajstić information content (AvgIpc) is 2.67. The van der Waals surface area contributed by atoms with Gasteiger partial charge >= 0.3 is 0 Å². The van der Waals surface area contributed by atoms with E-state index in [2.05, 4.69) is 25.9 Å². The van der Waals surface area contributed by atoms with Crippen LogP contribution in [0.2, 0.25) is 0 Å². The van der Waals surface area contributed by atoms with Crippen molar-refractivity contribution in [3.63, 3.8) is 0 Å². The smallest absolute Gasteiger partial charge is 0.261 e. The van der Waals surface area contributed by atoms with Crippen LogP contribution < -0.4 is 15.2 Å². The van der Waals surface area contributed by atoms with Gasteiger partial charge in [-0.3, -0.25) is 4.68 Å². The standard InChI is InChI=1S/C15H21N3O2/c1-15(2,3)11-8-10(19-5)6-7-13(11)20-14-12(16)9-18(4)17-14/h6-9H,16H2,1-5H3. The van der Waals surface area contributed by atoms with Crippen LogP contribution in [0.1, 0.15) is 26.3 Å². The Kier molecular flexibility index (Phi) is 3.61. The quantitative estimate of drug-likeness (QED) is 0.935. The molecule has 1 aromatic carbocycles. The van der Waals surface area contributed by atoms with Gasteiger partial charge in [0.15, 0.2) is 0 Å². The number of nitrogens with zero attached hydrogens (tertiary/aromatic N) is 2. The minimum atomic E-state index is -0.0760. The number of ether oxygens (including phenoxy) is 2. The Bertz CT molecular complexity index is 612. The molecule has 0 spiro atoms. The number of nitrogens with two attached hydrogens (primary N) is 1. The van der Waals surface area contributed by atoms with E-state index in [0.29, 0.717) is 11.6 Å². The molecule has 0 radical (unpaired) electrons. The van der Waals surface area contributed by atoms with E-state index in [1.807, 2.05) is 25.2 Å². The van der Waals surface area contributed by atoms with Crippen LogP contribution >= 0.6 is 0 Å². The van der Waals surface area contributed by atoms with Gasteiger partial charge in [-0.1, -0.05) is 20.8 Å². The molecule has 0 saturated heterocycles. The van der Waals surface area contributed by atoms with Crippen LogP contribution in [0.3, 0.4) is 0 Å². The van der Waals surface area contributed by atoms with Gasteiger partial charge in [0.05, 0.1) is 13.3 Å². The first-order chi connectivity index (χ1) is 9.31. The molecule has 2 N–H and O–H groups in total. The van der Waals surface area contributed by atoms with E-state index in [1.165, 1.54) is 0 Å². The zero-order chi connectivity index (χ0) is 14.9. The van der Waals surface area contributed by atoms with Gasteiger partial charge in [-0.2, -0.15) is 0 Å². The lowest BCUT2D eigenvalue weighted by atomic mass is 9.86. The van der Waals surface area contributed by atoms with Gasteiger partial charge in [0.25, 0.3) is 5.88 Å². The van der Waals surface area contributed by atoms with Crippen LogP contribution in [-0.2, 0) is 12.5 Å². The van der Waals surface area contributed by atoms with E-state index in [-0.39, 0.29) is 5.41 Å². The molecular formula is C15H21N3O2. The minimum Gasteiger partial charge on any atom is -0.497 e. The third kappa shape index (κ3) is 2.87. The van der Waals surface area contributed by atoms with E-state index in [0.717, 1.165) is 17.1 Å². The van der Waals surface area contributed by atoms with Crippen molar-refractivity contribution >= 4 is 5.69 Å². The molecule has 2 aromatic rings. The molecule has 108 valence electrons. The first-order valence-electron chi connectivity index (χ1n) is 6.47. The fourth-order valence-corrected chi connectivity index (χ4v) is 1.98. The normalized spacial score (nSPS) is 11.4. The molecule has 0 aliphatic heterocycles. The number of hydrogen-bond donors (Lipinski definition) is 1. The molecule has 1 heterocycles. The molecule has 0 aliphatic rings. The van der Waals surface area contributed by atoms with Gasteiger partial charge in [0, 0.05) is 12.6 Å². The van der Waals surface area contributed by atoms with Crippen LogP contribution in [0.4, 0.5) is 5.69 Å². The predicted molar refractivity (Wildman–Crippen MR) is 79.4 cm³/mol. The maximum Gasteiger partial charge on any atom is 0.261 e. The zero-order valence-corrected chi connectivity index (χ0v) is 12.6. The number of aromatic nitrogens is 2. The molecule has 0 amide bonds. The highest BCUT2D eigenvalue weighted by atomic mass is 16.5. The Labute approximate surface area is 119 Å². The molecule has 0 atom stereocenters. The predicted octanol–water partition coefficient (Wildman–Crippen LogP) is 3.10. The Hall–Kier alpha value is -2.17. The topological polar surface area (TPSA) is 62.3 Å². The van der Waals surface area contributed by atoms with Crippen LogP contribution in [0.5, 0.6) is 17.4 Å². The number of benzene rings is 1. The van der Waals surface area contributed by atoms with Gasteiger partial charge < -0.3 is 15.2 Å². The molecule has 0 unspecified atom stereocenters. The monoisotopic (exact) mass is 275 g/mol. The van der Waals surface area contributed by atoms with Gasteiger partial charge in [-0.15, -0.1) is 5.10 Å². The van der Waals surface area contributed by atoms with Gasteiger partial charge in [-0.25, -0.2) is 0 Å². The van der Waals surface area contributed by atoms with Crippen molar-refractivity contribution in [2.75, 3.05) is 12.8 Å². The third-order valence-corrected chi connectivity index (χ3v) is 3.02. The molecule has 5 heteroatoms. The van der Waals surface area contributed by atoms with Gasteiger partial charge in [-0.05, 0) is 23.6 Å². The molecule has 2 rings (SSSR count). The summed E-state index contributed by atoms with van der Waals surface area (Å²) in [6.45, 7) is 6.36. The number of hydrogen-bond acceptors (Lipinski definition) is 4. The number of nitrogen functional groups attached to an aromatic ring is 1. The van der Waals surface area contributed by atoms with Crippen molar-refractivity contribution in [1.82, 2.24) is 9.78 Å². The van der Waals surface area contributed by atoms with Crippen molar-refractivity contribution < 1.29 is 9.47 Å². The van der Waals surface area contributed by atoms with E-state index < -0.39 is 0 Å². The average molecular weight is 275 g/mol. The highest BCUT2D eigenvalue weighted by molar-refractivity contribution is 5.51. The Morgan fingerprint density at radius 1 is 1.25 bits per heavy atom. The summed E-state index contributed by atoms with van der Waals surface area (Å²) in [6.07, 6.45) is 1.72. The molecule has 0 fully saturated rings. The molecule has 0 saturated carbocycles. The van der Waals surface area contributed by atoms with Gasteiger partial charge in [0.1, 0.15) is 17.2 Å². The van der Waals surface area contributed by atoms with Crippen molar-refractivity contribution in [2.45, 2.75) is 26.2 Å². The summed E-state index contributed by atoms with van der Waals surface area (Å²) < 4.78 is 12.8. The van der Waals surface area contributed by atoms with E-state index in [4.69, 9.17) is 15.2 Å². The number of anilines is 1. The molecule has 20 heavy (non-hydrogen) atoms. The lowest BCUT2D eigenvalue weighted by molar-refractivity contribution is 0.404. The summed E-state index contributed by atoms with van der Waals surface area (Å²) >= 11 is 0. The third-order valence-electron chi connectivity index (χ3n) is 3.02. The summed E-state index contributed by atoms with van der Waals surface area (Å²) in [7, 11) is 3.46. The molecule has 1 aromatic heterocycles. The highest BCUT2D eigenvalue weighted by Crippen LogP contribution is 2.37. The first-order valence-corrected chi connectivity index (χ1v) is 6.47. The van der Waals surface area contributed by atoms with Crippen molar-refractivity contribution in [1.29, 1.82) is 0 Å². The van der Waals surface area contributed by atoms with Crippen LogP contribution in [0.15, 0.2) is 24.4 Å². The minimum absolute atomic E-state index is 0.0760. The summed E-state index contributed by atoms with van der Waals surface area (Å²) in [5, 5.41) is 4.21. The Morgan fingerprint density at radius 2 is 1.95 bits per heavy atom. The SMILES string of the molecule is COc1ccc(Oc2nn(C)cc2N)c(C(C)(C)C)c1. The number of aryl methyl sites for hydroxylation is 1. The zero-order valence-electron chi connectivity index (χ0n) is 12.6. The van der Waals surface area contributed by atoms with Crippen LogP contribution in [0.25, 0.3) is 0 Å². The summed E-state index contributed by atoms with van der Waals surface area (Å²) in [4.78, 5) is 0.